The van der Waals surface area contributed by atoms with Gasteiger partial charge < -0.3 is 14.4 Å². The molecular formula is C15H21N3O2S. The molecule has 5 nitrogen and oxygen atoms in total. The van der Waals surface area contributed by atoms with E-state index in [1.165, 1.54) is 12.8 Å². The molecule has 0 spiro atoms. The van der Waals surface area contributed by atoms with Crippen LogP contribution in [-0.2, 0) is 4.74 Å². The molecule has 0 aliphatic carbocycles. The van der Waals surface area contributed by atoms with Crippen LogP contribution < -0.4 is 0 Å². The van der Waals surface area contributed by atoms with Crippen LogP contribution in [0.15, 0.2) is 23.6 Å². The Kier molecular flexibility index (Phi) is 4.77. The van der Waals surface area contributed by atoms with Crippen LogP contribution in [0.3, 0.4) is 0 Å². The van der Waals surface area contributed by atoms with Gasteiger partial charge in [0.05, 0.1) is 18.1 Å². The molecule has 1 saturated heterocycles. The first-order valence-electron chi connectivity index (χ1n) is 7.54. The van der Waals surface area contributed by atoms with Crippen molar-refractivity contribution in [1.82, 2.24) is 14.5 Å². The summed E-state index contributed by atoms with van der Waals surface area (Å²) in [5, 5.41) is 11.3. The lowest BCUT2D eigenvalue weighted by molar-refractivity contribution is -0.0204. The van der Waals surface area contributed by atoms with Crippen molar-refractivity contribution in [1.29, 1.82) is 0 Å². The predicted octanol–water partition coefficient (Wildman–Crippen LogP) is 2.99. The average Bonchev–Trinajstić information content (AvgIpc) is 3.14. The van der Waals surface area contributed by atoms with E-state index in [1.54, 1.807) is 18.1 Å². The molecule has 114 valence electrons. The summed E-state index contributed by atoms with van der Waals surface area (Å²) in [5.74, 6) is 1.08. The summed E-state index contributed by atoms with van der Waals surface area (Å²) in [4.78, 5) is 8.83. The average molecular weight is 307 g/mol. The molecule has 2 aromatic heterocycles. The molecule has 2 aromatic rings. The predicted molar refractivity (Wildman–Crippen MR) is 83.4 cm³/mol. The minimum atomic E-state index is -0.0484. The molecule has 6 heteroatoms. The quantitative estimate of drug-likeness (QED) is 0.505. The van der Waals surface area contributed by atoms with Crippen molar-refractivity contribution in [3.05, 3.63) is 18.6 Å². The fourth-order valence-electron chi connectivity index (χ4n) is 2.63. The highest BCUT2D eigenvalue weighted by Gasteiger charge is 2.27. The highest BCUT2D eigenvalue weighted by Crippen LogP contribution is 2.33. The Morgan fingerprint density at radius 1 is 1.43 bits per heavy atom. The summed E-state index contributed by atoms with van der Waals surface area (Å²) >= 11 is 1.79. The molecule has 2 unspecified atom stereocenters. The summed E-state index contributed by atoms with van der Waals surface area (Å²) in [5.41, 5.74) is 0.924. The fraction of sp³-hybridized carbons (Fsp3) is 0.600. The van der Waals surface area contributed by atoms with Crippen molar-refractivity contribution in [3.63, 3.8) is 0 Å². The van der Waals surface area contributed by atoms with Gasteiger partial charge in [0.15, 0.2) is 0 Å². The van der Waals surface area contributed by atoms with Crippen LogP contribution in [0.2, 0.25) is 0 Å². The van der Waals surface area contributed by atoms with Crippen LogP contribution in [0.5, 0.6) is 0 Å². The first kappa shape index (κ1) is 14.8. The van der Waals surface area contributed by atoms with Gasteiger partial charge in [-0.1, -0.05) is 13.3 Å². The number of aliphatic hydroxyl groups excluding tert-OH is 1. The maximum absolute atomic E-state index is 9.20. The van der Waals surface area contributed by atoms with E-state index in [2.05, 4.69) is 27.5 Å². The molecule has 1 aliphatic heterocycles. The lowest BCUT2D eigenvalue weighted by atomic mass is 10.2. The highest BCUT2D eigenvalue weighted by molar-refractivity contribution is 7.99. The lowest BCUT2D eigenvalue weighted by Gasteiger charge is -2.14. The molecule has 0 saturated carbocycles. The Hall–Kier alpha value is -1.11. The van der Waals surface area contributed by atoms with E-state index < -0.39 is 0 Å². The van der Waals surface area contributed by atoms with Crippen LogP contribution in [-0.4, -0.2) is 38.1 Å². The van der Waals surface area contributed by atoms with E-state index in [4.69, 9.17) is 4.74 Å². The molecule has 1 fully saturated rings. The van der Waals surface area contributed by atoms with Crippen LogP contribution in [0, 0.1) is 0 Å². The van der Waals surface area contributed by atoms with E-state index in [1.807, 2.05) is 6.20 Å². The zero-order valence-electron chi connectivity index (χ0n) is 12.2. The molecule has 0 amide bonds. The molecule has 21 heavy (non-hydrogen) atoms. The zero-order valence-corrected chi connectivity index (χ0v) is 13.1. The summed E-state index contributed by atoms with van der Waals surface area (Å²) in [7, 11) is 0. The van der Waals surface area contributed by atoms with Crippen molar-refractivity contribution in [2.24, 2.45) is 0 Å². The van der Waals surface area contributed by atoms with Crippen molar-refractivity contribution in [3.8, 4) is 0 Å². The van der Waals surface area contributed by atoms with E-state index in [-0.39, 0.29) is 18.9 Å². The second-order valence-corrected chi connectivity index (χ2v) is 6.40. The van der Waals surface area contributed by atoms with E-state index >= 15 is 0 Å². The molecule has 1 N–H and O–H groups in total. The van der Waals surface area contributed by atoms with Crippen molar-refractivity contribution >= 4 is 22.8 Å². The normalized spacial score (nSPS) is 22.2. The second-order valence-electron chi connectivity index (χ2n) is 5.31. The van der Waals surface area contributed by atoms with Crippen LogP contribution in [0.25, 0.3) is 11.0 Å². The van der Waals surface area contributed by atoms with Gasteiger partial charge in [0.2, 0.25) is 0 Å². The van der Waals surface area contributed by atoms with Gasteiger partial charge >= 0.3 is 0 Å². The van der Waals surface area contributed by atoms with Gasteiger partial charge in [-0.15, -0.1) is 11.8 Å². The number of ether oxygens (including phenoxy) is 1. The number of rotatable bonds is 6. The van der Waals surface area contributed by atoms with Crippen molar-refractivity contribution in [2.75, 3.05) is 12.4 Å². The van der Waals surface area contributed by atoms with Gasteiger partial charge in [0.1, 0.15) is 23.2 Å². The smallest absolute Gasteiger partial charge is 0.146 e. The number of nitrogens with zero attached hydrogens (tertiary/aromatic N) is 3. The summed E-state index contributed by atoms with van der Waals surface area (Å²) in [6.45, 7) is 2.28. The van der Waals surface area contributed by atoms with Gasteiger partial charge in [0, 0.05) is 6.20 Å². The van der Waals surface area contributed by atoms with Gasteiger partial charge in [-0.2, -0.15) is 0 Å². The minimum absolute atomic E-state index is 0.0250. The van der Waals surface area contributed by atoms with E-state index in [0.717, 1.165) is 34.7 Å². The highest BCUT2D eigenvalue weighted by atomic mass is 32.2. The van der Waals surface area contributed by atoms with Gasteiger partial charge in [-0.05, 0) is 31.1 Å². The van der Waals surface area contributed by atoms with Gasteiger partial charge in [0.25, 0.3) is 0 Å². The number of hydrogen-bond acceptors (Lipinski definition) is 5. The SMILES string of the molecule is CCCCSc1ncnc2c1ccn2C1CCC(CO)O1. The van der Waals surface area contributed by atoms with Gasteiger partial charge in [-0.3, -0.25) is 0 Å². The number of hydrogen-bond donors (Lipinski definition) is 1. The number of aromatic nitrogens is 3. The molecule has 3 rings (SSSR count). The summed E-state index contributed by atoms with van der Waals surface area (Å²) < 4.78 is 7.91. The Morgan fingerprint density at radius 2 is 2.33 bits per heavy atom. The van der Waals surface area contributed by atoms with Crippen LogP contribution in [0.4, 0.5) is 0 Å². The minimum Gasteiger partial charge on any atom is -0.394 e. The fourth-order valence-corrected chi connectivity index (χ4v) is 3.70. The molecule has 0 bridgehead atoms. The van der Waals surface area contributed by atoms with Crippen LogP contribution >= 0.6 is 11.8 Å². The number of fused-ring (bicyclic) bond motifs is 1. The molecular weight excluding hydrogens is 286 g/mol. The Bertz CT molecular complexity index is 602. The second kappa shape index (κ2) is 6.77. The summed E-state index contributed by atoms with van der Waals surface area (Å²) in [6, 6.07) is 2.07. The zero-order chi connectivity index (χ0) is 14.7. The van der Waals surface area contributed by atoms with Crippen molar-refractivity contribution in [2.45, 2.75) is 50.0 Å². The molecule has 0 radical (unpaired) electrons. The molecule has 0 aromatic carbocycles. The maximum Gasteiger partial charge on any atom is 0.146 e. The lowest BCUT2D eigenvalue weighted by Crippen LogP contribution is -2.14. The Morgan fingerprint density at radius 3 is 3.10 bits per heavy atom. The maximum atomic E-state index is 9.20. The third-order valence-corrected chi connectivity index (χ3v) is 4.90. The summed E-state index contributed by atoms with van der Waals surface area (Å²) in [6.07, 6.45) is 7.78. The Balaban J connectivity index is 1.83. The molecule has 3 heterocycles. The third-order valence-electron chi connectivity index (χ3n) is 3.81. The Labute approximate surface area is 128 Å². The number of aliphatic hydroxyl groups is 1. The number of unbranched alkanes of at least 4 members (excludes halogenated alkanes) is 1. The number of thioether (sulfide) groups is 1. The van der Waals surface area contributed by atoms with Gasteiger partial charge in [-0.25, -0.2) is 9.97 Å². The molecule has 2 atom stereocenters. The van der Waals surface area contributed by atoms with Crippen LogP contribution in [0.1, 0.15) is 38.8 Å². The third kappa shape index (κ3) is 3.07. The van der Waals surface area contributed by atoms with Crippen molar-refractivity contribution < 1.29 is 9.84 Å². The topological polar surface area (TPSA) is 60.2 Å². The van der Waals surface area contributed by atoms with E-state index in [9.17, 15) is 5.11 Å². The first-order chi connectivity index (χ1) is 10.3. The largest absolute Gasteiger partial charge is 0.394 e. The molecule has 1 aliphatic rings. The van der Waals surface area contributed by atoms with E-state index in [0.29, 0.717) is 0 Å². The monoisotopic (exact) mass is 307 g/mol. The standard InChI is InChI=1S/C15H21N3O2S/c1-2-3-8-21-15-12-6-7-18(14(12)16-10-17-15)13-5-4-11(9-19)20-13/h6-7,10-11,13,19H,2-5,8-9H2,1H3. The first-order valence-corrected chi connectivity index (χ1v) is 8.52.